The van der Waals surface area contributed by atoms with E-state index < -0.39 is 0 Å². The number of methoxy groups -OCH3 is 3. The van der Waals surface area contributed by atoms with Crippen molar-refractivity contribution in [1.29, 1.82) is 0 Å². The summed E-state index contributed by atoms with van der Waals surface area (Å²) < 4.78 is 21.1. The number of nitrogens with zero attached hydrogens (tertiary/aromatic N) is 1. The van der Waals surface area contributed by atoms with Gasteiger partial charge in [0.15, 0.2) is 11.5 Å². The molecule has 0 aliphatic carbocycles. The highest BCUT2D eigenvalue weighted by Gasteiger charge is 2.13. The Hall–Kier alpha value is -2.73. The van der Waals surface area contributed by atoms with E-state index in [0.29, 0.717) is 49.0 Å². The van der Waals surface area contributed by atoms with Crippen LogP contribution in [0.2, 0.25) is 0 Å². The molecule has 0 saturated heterocycles. The number of ether oxygens (including phenoxy) is 4. The van der Waals surface area contributed by atoms with E-state index in [-0.39, 0.29) is 5.91 Å². The molecule has 2 aromatic rings. The minimum Gasteiger partial charge on any atom is -0.493 e. The standard InChI is InChI=1S/C21H27NO5/c1-22(11-10-16-8-9-19(25-3)20(14-16)26-4)21(23)17-6-5-7-18(15-17)27-13-12-24-2/h5-9,14-15H,10-13H2,1-4H3. The van der Waals surface area contributed by atoms with Gasteiger partial charge in [0.2, 0.25) is 0 Å². The molecule has 0 bridgehead atoms. The maximum atomic E-state index is 12.7. The number of rotatable bonds is 10. The first kappa shape index (κ1) is 20.6. The van der Waals surface area contributed by atoms with Gasteiger partial charge in [0.25, 0.3) is 5.91 Å². The predicted molar refractivity (Wildman–Crippen MR) is 104 cm³/mol. The van der Waals surface area contributed by atoms with E-state index in [1.165, 1.54) is 0 Å². The maximum Gasteiger partial charge on any atom is 0.253 e. The van der Waals surface area contributed by atoms with Gasteiger partial charge in [0.1, 0.15) is 12.4 Å². The largest absolute Gasteiger partial charge is 0.493 e. The third kappa shape index (κ3) is 5.89. The molecule has 146 valence electrons. The fraction of sp³-hybridized carbons (Fsp3) is 0.381. The fourth-order valence-corrected chi connectivity index (χ4v) is 2.62. The van der Waals surface area contributed by atoms with E-state index in [4.69, 9.17) is 18.9 Å². The molecule has 0 radical (unpaired) electrons. The molecule has 0 saturated carbocycles. The van der Waals surface area contributed by atoms with Crippen LogP contribution in [-0.4, -0.2) is 58.9 Å². The molecule has 2 aromatic carbocycles. The van der Waals surface area contributed by atoms with E-state index in [2.05, 4.69) is 0 Å². The van der Waals surface area contributed by atoms with Gasteiger partial charge in [-0.2, -0.15) is 0 Å². The molecule has 0 aromatic heterocycles. The highest BCUT2D eigenvalue weighted by atomic mass is 16.5. The molecule has 6 nitrogen and oxygen atoms in total. The lowest BCUT2D eigenvalue weighted by molar-refractivity contribution is 0.0796. The Morgan fingerprint density at radius 2 is 1.74 bits per heavy atom. The van der Waals surface area contributed by atoms with Gasteiger partial charge in [0, 0.05) is 26.3 Å². The van der Waals surface area contributed by atoms with E-state index in [0.717, 1.165) is 5.56 Å². The van der Waals surface area contributed by atoms with Crippen molar-refractivity contribution in [1.82, 2.24) is 4.90 Å². The number of hydrogen-bond donors (Lipinski definition) is 0. The zero-order chi connectivity index (χ0) is 19.6. The molecule has 0 fully saturated rings. The van der Waals surface area contributed by atoms with Crippen LogP contribution in [0, 0.1) is 0 Å². The van der Waals surface area contributed by atoms with Crippen molar-refractivity contribution in [3.8, 4) is 17.2 Å². The van der Waals surface area contributed by atoms with Gasteiger partial charge in [-0.15, -0.1) is 0 Å². The highest BCUT2D eigenvalue weighted by Crippen LogP contribution is 2.27. The van der Waals surface area contributed by atoms with Crippen LogP contribution in [0.5, 0.6) is 17.2 Å². The van der Waals surface area contributed by atoms with Crippen LogP contribution in [0.25, 0.3) is 0 Å². The van der Waals surface area contributed by atoms with Crippen molar-refractivity contribution in [2.24, 2.45) is 0 Å². The van der Waals surface area contributed by atoms with Crippen molar-refractivity contribution in [3.63, 3.8) is 0 Å². The lowest BCUT2D eigenvalue weighted by Crippen LogP contribution is -2.28. The van der Waals surface area contributed by atoms with Gasteiger partial charge in [0.05, 0.1) is 20.8 Å². The maximum absolute atomic E-state index is 12.7. The van der Waals surface area contributed by atoms with Crippen molar-refractivity contribution in [3.05, 3.63) is 53.6 Å². The average molecular weight is 373 g/mol. The van der Waals surface area contributed by atoms with E-state index in [1.807, 2.05) is 30.3 Å². The van der Waals surface area contributed by atoms with Crippen molar-refractivity contribution in [2.75, 3.05) is 48.1 Å². The summed E-state index contributed by atoms with van der Waals surface area (Å²) in [5, 5.41) is 0. The van der Waals surface area contributed by atoms with Crippen LogP contribution >= 0.6 is 0 Å². The molecule has 2 rings (SSSR count). The molecule has 6 heteroatoms. The molecule has 0 heterocycles. The van der Waals surface area contributed by atoms with Crippen molar-refractivity contribution >= 4 is 5.91 Å². The number of amides is 1. The molecule has 1 amide bonds. The van der Waals surface area contributed by atoms with Gasteiger partial charge in [-0.1, -0.05) is 12.1 Å². The molecule has 0 unspecified atom stereocenters. The fourth-order valence-electron chi connectivity index (χ4n) is 2.62. The van der Waals surface area contributed by atoms with Crippen LogP contribution in [-0.2, 0) is 11.2 Å². The predicted octanol–water partition coefficient (Wildman–Crippen LogP) is 3.04. The van der Waals surface area contributed by atoms with E-state index >= 15 is 0 Å². The number of carbonyl (C=O) groups excluding carboxylic acids is 1. The van der Waals surface area contributed by atoms with Crippen molar-refractivity contribution < 1.29 is 23.7 Å². The Bertz CT molecular complexity index is 747. The third-order valence-electron chi connectivity index (χ3n) is 4.17. The summed E-state index contributed by atoms with van der Waals surface area (Å²) in [6.45, 7) is 1.54. The molecule has 27 heavy (non-hydrogen) atoms. The zero-order valence-corrected chi connectivity index (χ0v) is 16.4. The molecule has 0 aliphatic heterocycles. The monoisotopic (exact) mass is 373 g/mol. The first-order valence-corrected chi connectivity index (χ1v) is 8.77. The Kier molecular flexibility index (Phi) is 7.95. The second-order valence-corrected chi connectivity index (χ2v) is 6.04. The van der Waals surface area contributed by atoms with Crippen LogP contribution in [0.15, 0.2) is 42.5 Å². The van der Waals surface area contributed by atoms with Gasteiger partial charge >= 0.3 is 0 Å². The summed E-state index contributed by atoms with van der Waals surface area (Å²) in [5.41, 5.74) is 1.67. The lowest BCUT2D eigenvalue weighted by Gasteiger charge is -2.18. The quantitative estimate of drug-likeness (QED) is 0.599. The summed E-state index contributed by atoms with van der Waals surface area (Å²) in [6, 6.07) is 13.0. The second kappa shape index (κ2) is 10.4. The van der Waals surface area contributed by atoms with Crippen LogP contribution in [0.4, 0.5) is 0 Å². The zero-order valence-electron chi connectivity index (χ0n) is 16.4. The molecule has 0 spiro atoms. The topological polar surface area (TPSA) is 57.2 Å². The molecule has 0 N–H and O–H groups in total. The minimum atomic E-state index is -0.0485. The number of likely N-dealkylation sites (N-methyl/N-ethyl adjacent to an activating group) is 1. The van der Waals surface area contributed by atoms with Gasteiger partial charge in [-0.05, 0) is 42.3 Å². The Balaban J connectivity index is 1.96. The number of benzene rings is 2. The minimum absolute atomic E-state index is 0.0485. The van der Waals surface area contributed by atoms with E-state index in [9.17, 15) is 4.79 Å². The summed E-state index contributed by atoms with van der Waals surface area (Å²) >= 11 is 0. The Labute approximate surface area is 160 Å². The van der Waals surface area contributed by atoms with Gasteiger partial charge < -0.3 is 23.8 Å². The lowest BCUT2D eigenvalue weighted by atomic mass is 10.1. The number of hydrogen-bond acceptors (Lipinski definition) is 5. The van der Waals surface area contributed by atoms with Crippen LogP contribution < -0.4 is 14.2 Å². The van der Waals surface area contributed by atoms with Crippen LogP contribution in [0.3, 0.4) is 0 Å². The first-order chi connectivity index (χ1) is 13.1. The van der Waals surface area contributed by atoms with E-state index in [1.54, 1.807) is 45.4 Å². The first-order valence-electron chi connectivity index (χ1n) is 8.77. The summed E-state index contributed by atoms with van der Waals surface area (Å²) in [6.07, 6.45) is 0.715. The molecular formula is C21H27NO5. The Morgan fingerprint density at radius 1 is 0.963 bits per heavy atom. The Morgan fingerprint density at radius 3 is 2.44 bits per heavy atom. The van der Waals surface area contributed by atoms with Crippen LogP contribution in [0.1, 0.15) is 15.9 Å². The normalized spacial score (nSPS) is 10.4. The highest BCUT2D eigenvalue weighted by molar-refractivity contribution is 5.94. The van der Waals surface area contributed by atoms with Crippen molar-refractivity contribution in [2.45, 2.75) is 6.42 Å². The summed E-state index contributed by atoms with van der Waals surface area (Å²) in [7, 11) is 6.63. The number of carbonyl (C=O) groups is 1. The molecule has 0 atom stereocenters. The molecule has 0 aliphatic rings. The van der Waals surface area contributed by atoms with Gasteiger partial charge in [-0.3, -0.25) is 4.79 Å². The SMILES string of the molecule is COCCOc1cccc(C(=O)N(C)CCc2ccc(OC)c(OC)c2)c1. The summed E-state index contributed by atoms with van der Waals surface area (Å²) in [5.74, 6) is 1.99. The average Bonchev–Trinajstić information content (AvgIpc) is 2.71. The smallest absolute Gasteiger partial charge is 0.253 e. The summed E-state index contributed by atoms with van der Waals surface area (Å²) in [4.78, 5) is 14.4. The third-order valence-corrected chi connectivity index (χ3v) is 4.17. The second-order valence-electron chi connectivity index (χ2n) is 6.04. The molecular weight excluding hydrogens is 346 g/mol. The van der Waals surface area contributed by atoms with Gasteiger partial charge in [-0.25, -0.2) is 0 Å².